The fourth-order valence-corrected chi connectivity index (χ4v) is 4.76. The summed E-state index contributed by atoms with van der Waals surface area (Å²) in [6.45, 7) is 3.06. The third kappa shape index (κ3) is 3.71. The smallest absolute Gasteiger partial charge is 0.252 e. The van der Waals surface area contributed by atoms with Crippen molar-refractivity contribution in [3.63, 3.8) is 0 Å². The molecular formula is C15H20N2O2S2. The maximum absolute atomic E-state index is 12.6. The Hall–Kier alpha value is -1.21. The predicted molar refractivity (Wildman–Crippen MR) is 86.9 cm³/mol. The van der Waals surface area contributed by atoms with Crippen LogP contribution in [0, 0.1) is 6.92 Å². The molecule has 0 amide bonds. The van der Waals surface area contributed by atoms with Gasteiger partial charge in [0.2, 0.25) is 0 Å². The minimum atomic E-state index is -3.43. The summed E-state index contributed by atoms with van der Waals surface area (Å²) in [4.78, 5) is 1.01. The lowest BCUT2D eigenvalue weighted by Crippen LogP contribution is -2.26. The molecule has 0 aliphatic carbocycles. The van der Waals surface area contributed by atoms with Gasteiger partial charge in [0.1, 0.15) is 4.21 Å². The van der Waals surface area contributed by atoms with Gasteiger partial charge in [-0.2, -0.15) is 4.31 Å². The third-order valence-electron chi connectivity index (χ3n) is 3.31. The largest absolute Gasteiger partial charge is 0.315 e. The summed E-state index contributed by atoms with van der Waals surface area (Å²) >= 11 is 1.32. The fraction of sp³-hybridized carbons (Fsp3) is 0.333. The van der Waals surface area contributed by atoms with E-state index in [1.807, 2.05) is 44.3 Å². The monoisotopic (exact) mass is 324 g/mol. The van der Waals surface area contributed by atoms with Crippen molar-refractivity contribution in [2.75, 3.05) is 14.1 Å². The first-order chi connectivity index (χ1) is 9.95. The van der Waals surface area contributed by atoms with Gasteiger partial charge in [0.15, 0.2) is 0 Å². The van der Waals surface area contributed by atoms with Gasteiger partial charge in [-0.1, -0.05) is 24.3 Å². The normalized spacial score (nSPS) is 12.0. The van der Waals surface area contributed by atoms with Crippen LogP contribution in [0.15, 0.2) is 40.6 Å². The van der Waals surface area contributed by atoms with Crippen LogP contribution in [0.2, 0.25) is 0 Å². The highest BCUT2D eigenvalue weighted by Gasteiger charge is 2.23. The topological polar surface area (TPSA) is 49.4 Å². The van der Waals surface area contributed by atoms with Crippen molar-refractivity contribution in [3.05, 3.63) is 52.4 Å². The summed E-state index contributed by atoms with van der Waals surface area (Å²) in [6.07, 6.45) is 0. The molecular weight excluding hydrogens is 304 g/mol. The minimum Gasteiger partial charge on any atom is -0.315 e. The molecule has 114 valence electrons. The van der Waals surface area contributed by atoms with Crippen LogP contribution in [-0.4, -0.2) is 26.8 Å². The number of hydrogen-bond donors (Lipinski definition) is 1. The molecule has 1 N–H and O–H groups in total. The van der Waals surface area contributed by atoms with Crippen molar-refractivity contribution in [3.8, 4) is 0 Å². The van der Waals surface area contributed by atoms with E-state index >= 15 is 0 Å². The van der Waals surface area contributed by atoms with Crippen LogP contribution in [0.1, 0.15) is 16.0 Å². The first-order valence-electron chi connectivity index (χ1n) is 6.69. The second-order valence-electron chi connectivity index (χ2n) is 4.94. The second-order valence-corrected chi connectivity index (χ2v) is 8.38. The van der Waals surface area contributed by atoms with Gasteiger partial charge in [-0.3, -0.25) is 0 Å². The molecule has 0 saturated carbocycles. The molecule has 0 spiro atoms. The van der Waals surface area contributed by atoms with Crippen LogP contribution >= 0.6 is 11.3 Å². The highest BCUT2D eigenvalue weighted by atomic mass is 32.2. The number of rotatable bonds is 6. The molecule has 0 radical (unpaired) electrons. The second kappa shape index (κ2) is 6.70. The number of nitrogens with zero attached hydrogens (tertiary/aromatic N) is 1. The van der Waals surface area contributed by atoms with E-state index in [1.54, 1.807) is 13.1 Å². The number of aryl methyl sites for hydroxylation is 1. The summed E-state index contributed by atoms with van der Waals surface area (Å²) in [5, 5.41) is 3.03. The van der Waals surface area contributed by atoms with E-state index in [2.05, 4.69) is 5.32 Å². The average Bonchev–Trinajstić information content (AvgIpc) is 2.91. The van der Waals surface area contributed by atoms with Crippen molar-refractivity contribution in [2.45, 2.75) is 24.2 Å². The van der Waals surface area contributed by atoms with Gasteiger partial charge in [0, 0.05) is 25.0 Å². The van der Waals surface area contributed by atoms with E-state index < -0.39 is 10.0 Å². The lowest BCUT2D eigenvalue weighted by Gasteiger charge is -2.17. The number of benzene rings is 1. The Labute approximate surface area is 130 Å². The fourth-order valence-electron chi connectivity index (χ4n) is 2.03. The van der Waals surface area contributed by atoms with Gasteiger partial charge in [-0.25, -0.2) is 8.42 Å². The maximum atomic E-state index is 12.6. The summed E-state index contributed by atoms with van der Waals surface area (Å²) in [7, 11) is 0.0423. The summed E-state index contributed by atoms with van der Waals surface area (Å²) in [5.41, 5.74) is 2.12. The lowest BCUT2D eigenvalue weighted by atomic mass is 10.1. The van der Waals surface area contributed by atoms with Gasteiger partial charge in [0.05, 0.1) is 0 Å². The van der Waals surface area contributed by atoms with E-state index in [4.69, 9.17) is 0 Å². The summed E-state index contributed by atoms with van der Waals surface area (Å²) in [6, 6.07) is 11.4. The molecule has 4 nitrogen and oxygen atoms in total. The Balaban J connectivity index is 2.20. The number of hydrogen-bond acceptors (Lipinski definition) is 4. The molecule has 1 heterocycles. The molecule has 0 unspecified atom stereocenters. The van der Waals surface area contributed by atoms with E-state index in [9.17, 15) is 8.42 Å². The van der Waals surface area contributed by atoms with E-state index in [1.165, 1.54) is 15.6 Å². The van der Waals surface area contributed by atoms with Gasteiger partial charge in [0.25, 0.3) is 10.0 Å². The number of nitrogens with one attached hydrogen (secondary N) is 1. The van der Waals surface area contributed by atoms with E-state index in [0.717, 1.165) is 16.0 Å². The zero-order valence-electron chi connectivity index (χ0n) is 12.5. The Morgan fingerprint density at radius 2 is 1.90 bits per heavy atom. The molecule has 0 bridgehead atoms. The Morgan fingerprint density at radius 1 is 1.19 bits per heavy atom. The molecule has 0 saturated heterocycles. The van der Waals surface area contributed by atoms with Crippen LogP contribution in [-0.2, 0) is 23.1 Å². The molecule has 0 aliphatic rings. The summed E-state index contributed by atoms with van der Waals surface area (Å²) in [5.74, 6) is 0. The first-order valence-corrected chi connectivity index (χ1v) is 8.95. The average molecular weight is 324 g/mol. The van der Waals surface area contributed by atoms with E-state index in [-0.39, 0.29) is 0 Å². The van der Waals surface area contributed by atoms with Crippen molar-refractivity contribution >= 4 is 21.4 Å². The Kier molecular flexibility index (Phi) is 5.16. The van der Waals surface area contributed by atoms with Gasteiger partial charge in [-0.05, 0) is 37.2 Å². The molecule has 6 heteroatoms. The Morgan fingerprint density at radius 3 is 2.57 bits per heavy atom. The van der Waals surface area contributed by atoms with Crippen molar-refractivity contribution in [1.82, 2.24) is 9.62 Å². The Bertz CT molecular complexity index is 708. The standard InChI is InChI=1S/C15H20N2O2S2/c1-12-6-4-5-7-13(12)11-17(3)21(18,19)15-9-8-14(20-15)10-16-2/h4-9,16H,10-11H2,1-3H3. The molecule has 2 rings (SSSR count). The highest BCUT2D eigenvalue weighted by molar-refractivity contribution is 7.91. The minimum absolute atomic E-state index is 0.383. The number of thiophene rings is 1. The predicted octanol–water partition coefficient (Wildman–Crippen LogP) is 2.60. The van der Waals surface area contributed by atoms with Crippen LogP contribution in [0.5, 0.6) is 0 Å². The van der Waals surface area contributed by atoms with Crippen LogP contribution < -0.4 is 5.32 Å². The molecule has 1 aromatic heterocycles. The van der Waals surface area contributed by atoms with Crippen molar-refractivity contribution in [2.24, 2.45) is 0 Å². The SMILES string of the molecule is CNCc1ccc(S(=O)(=O)N(C)Cc2ccccc2C)s1. The van der Waals surface area contributed by atoms with Gasteiger partial charge >= 0.3 is 0 Å². The molecule has 21 heavy (non-hydrogen) atoms. The van der Waals surface area contributed by atoms with Crippen molar-refractivity contribution < 1.29 is 8.42 Å². The molecule has 2 aromatic rings. The van der Waals surface area contributed by atoms with Crippen LogP contribution in [0.25, 0.3) is 0 Å². The highest BCUT2D eigenvalue weighted by Crippen LogP contribution is 2.25. The zero-order valence-corrected chi connectivity index (χ0v) is 14.1. The third-order valence-corrected chi connectivity index (χ3v) is 6.66. The van der Waals surface area contributed by atoms with Gasteiger partial charge in [-0.15, -0.1) is 11.3 Å². The molecule has 0 aliphatic heterocycles. The summed E-state index contributed by atoms with van der Waals surface area (Å²) < 4.78 is 27.0. The maximum Gasteiger partial charge on any atom is 0.252 e. The molecule has 1 aromatic carbocycles. The first kappa shape index (κ1) is 16.2. The van der Waals surface area contributed by atoms with E-state index in [0.29, 0.717) is 17.3 Å². The molecule has 0 atom stereocenters. The zero-order chi connectivity index (χ0) is 15.5. The van der Waals surface area contributed by atoms with Crippen molar-refractivity contribution in [1.29, 1.82) is 0 Å². The molecule has 0 fully saturated rings. The quantitative estimate of drug-likeness (QED) is 0.888. The van der Waals surface area contributed by atoms with Gasteiger partial charge < -0.3 is 5.32 Å². The van der Waals surface area contributed by atoms with Crippen LogP contribution in [0.3, 0.4) is 0 Å². The number of sulfonamides is 1. The van der Waals surface area contributed by atoms with Crippen LogP contribution in [0.4, 0.5) is 0 Å². The lowest BCUT2D eigenvalue weighted by molar-refractivity contribution is 0.467.